The van der Waals surface area contributed by atoms with Crippen molar-refractivity contribution >= 4 is 29.2 Å². The number of unbranched alkanes of at least 4 members (excludes halogenated alkanes) is 2. The van der Waals surface area contributed by atoms with Crippen LogP contribution in [0.1, 0.15) is 74.3 Å². The van der Waals surface area contributed by atoms with Gasteiger partial charge >= 0.3 is 0 Å². The minimum Gasteiger partial charge on any atom is -0.488 e. The number of benzene rings is 2. The number of hydrogen-bond donors (Lipinski definition) is 0. The van der Waals surface area contributed by atoms with Gasteiger partial charge in [-0.15, -0.1) is 11.3 Å². The number of ether oxygens (including phenoxy) is 2. The number of anilines is 1. The van der Waals surface area contributed by atoms with E-state index in [1.165, 1.54) is 10.6 Å². The summed E-state index contributed by atoms with van der Waals surface area (Å²) >= 11 is 1.71. The summed E-state index contributed by atoms with van der Waals surface area (Å²) in [6.45, 7) is 10.7. The summed E-state index contributed by atoms with van der Waals surface area (Å²) in [5, 5.41) is 28.2. The van der Waals surface area contributed by atoms with E-state index >= 15 is 0 Å². The first-order valence-electron chi connectivity index (χ1n) is 16.2. The zero-order chi connectivity index (χ0) is 33.6. The molecule has 0 radical (unpaired) electrons. The van der Waals surface area contributed by atoms with Gasteiger partial charge in [0.05, 0.1) is 5.57 Å². The highest BCUT2D eigenvalue weighted by molar-refractivity contribution is 7.12. The van der Waals surface area contributed by atoms with Crippen LogP contribution < -0.4 is 9.64 Å². The van der Waals surface area contributed by atoms with E-state index in [1.54, 1.807) is 18.3 Å². The topological polar surface area (TPSA) is 93.1 Å². The number of allylic oxidation sites excluding steroid dienone is 3. The third-order valence-electron chi connectivity index (χ3n) is 8.25. The fourth-order valence-corrected chi connectivity index (χ4v) is 6.20. The Hall–Kier alpha value is -5.03. The van der Waals surface area contributed by atoms with Crippen molar-refractivity contribution in [2.75, 3.05) is 18.0 Å². The molecule has 7 heteroatoms. The van der Waals surface area contributed by atoms with E-state index in [0.29, 0.717) is 18.6 Å². The van der Waals surface area contributed by atoms with Crippen LogP contribution in [0.3, 0.4) is 0 Å². The largest absolute Gasteiger partial charge is 0.488 e. The second-order valence-electron chi connectivity index (χ2n) is 11.7. The predicted molar refractivity (Wildman–Crippen MR) is 191 cm³/mol. The molecule has 240 valence electrons. The zero-order valence-electron chi connectivity index (χ0n) is 27.8. The SMILES string of the molecule is CCCCN(CCCC)c1ccc(/C=C/c2ccc(C/C=C/C3(C)OC(=C(C#N)C#N)C(C#N)=C3C)s2)c(OCc2ccccc2)c1. The summed E-state index contributed by atoms with van der Waals surface area (Å²) in [4.78, 5) is 4.78. The second kappa shape index (κ2) is 17.0. The molecule has 6 nitrogen and oxygen atoms in total. The van der Waals surface area contributed by atoms with Gasteiger partial charge < -0.3 is 14.4 Å². The molecule has 2 aromatic carbocycles. The molecule has 0 fully saturated rings. The molecule has 47 heavy (non-hydrogen) atoms. The maximum atomic E-state index is 9.64. The first-order chi connectivity index (χ1) is 22.8. The highest BCUT2D eigenvalue weighted by atomic mass is 32.1. The van der Waals surface area contributed by atoms with Gasteiger partial charge in [-0.1, -0.05) is 63.1 Å². The average molecular weight is 643 g/mol. The van der Waals surface area contributed by atoms with E-state index in [-0.39, 0.29) is 16.9 Å². The Labute approximate surface area is 283 Å². The van der Waals surface area contributed by atoms with Crippen LogP contribution in [0, 0.1) is 34.0 Å². The minimum absolute atomic E-state index is 0.0560. The lowest BCUT2D eigenvalue weighted by atomic mass is 9.94. The molecule has 0 saturated carbocycles. The Balaban J connectivity index is 1.51. The molecule has 0 spiro atoms. The van der Waals surface area contributed by atoms with Gasteiger partial charge in [0.1, 0.15) is 36.2 Å². The summed E-state index contributed by atoms with van der Waals surface area (Å²) in [5.74, 6) is 0.926. The van der Waals surface area contributed by atoms with Crippen LogP contribution >= 0.6 is 11.3 Å². The third kappa shape index (κ3) is 9.04. The molecule has 1 aromatic heterocycles. The molecular weight excluding hydrogens is 601 g/mol. The van der Waals surface area contributed by atoms with E-state index in [9.17, 15) is 15.8 Å². The fraction of sp³-hybridized carbons (Fsp3) is 0.325. The molecule has 1 aliphatic heterocycles. The standard InChI is InChI=1S/C40H42N4O2S/c1-5-7-23-44(24-8-6-2)34-18-16-32(38(25-34)45-29-31-13-10-9-11-14-31)17-19-36-21-20-35(47-36)15-12-22-40(4)30(3)37(28-43)39(46-40)33(26-41)27-42/h9-14,16-22,25H,5-8,15,23-24,29H2,1-4H3/b19-17+,22-12+. The lowest BCUT2D eigenvalue weighted by Crippen LogP contribution is -2.25. The highest BCUT2D eigenvalue weighted by Crippen LogP contribution is 2.40. The van der Waals surface area contributed by atoms with E-state index in [2.05, 4.69) is 79.4 Å². The first kappa shape index (κ1) is 34.8. The van der Waals surface area contributed by atoms with Crippen LogP contribution in [0.15, 0.2) is 95.3 Å². The van der Waals surface area contributed by atoms with Gasteiger partial charge in [-0.05, 0) is 86.7 Å². The second-order valence-corrected chi connectivity index (χ2v) is 12.9. The Morgan fingerprint density at radius 3 is 2.34 bits per heavy atom. The van der Waals surface area contributed by atoms with Crippen LogP contribution in [-0.4, -0.2) is 18.7 Å². The molecule has 0 N–H and O–H groups in total. The van der Waals surface area contributed by atoms with Crippen molar-refractivity contribution in [1.29, 1.82) is 15.8 Å². The highest BCUT2D eigenvalue weighted by Gasteiger charge is 2.39. The molecule has 0 aliphatic carbocycles. The fourth-order valence-electron chi connectivity index (χ4n) is 5.31. The average Bonchev–Trinajstić information content (AvgIpc) is 3.65. The van der Waals surface area contributed by atoms with Crippen molar-refractivity contribution < 1.29 is 9.47 Å². The van der Waals surface area contributed by atoms with E-state index in [4.69, 9.17) is 9.47 Å². The number of hydrogen-bond acceptors (Lipinski definition) is 7. The van der Waals surface area contributed by atoms with Crippen LogP contribution in [0.2, 0.25) is 0 Å². The van der Waals surface area contributed by atoms with Crippen LogP contribution in [-0.2, 0) is 17.8 Å². The molecular formula is C40H42N4O2S. The number of thiophene rings is 1. The minimum atomic E-state index is -0.899. The molecule has 1 unspecified atom stereocenters. The Morgan fingerprint density at radius 1 is 0.957 bits per heavy atom. The van der Waals surface area contributed by atoms with Gasteiger partial charge in [0, 0.05) is 40.2 Å². The maximum Gasteiger partial charge on any atom is 0.172 e. The smallest absolute Gasteiger partial charge is 0.172 e. The van der Waals surface area contributed by atoms with Crippen molar-refractivity contribution in [2.24, 2.45) is 0 Å². The van der Waals surface area contributed by atoms with Gasteiger partial charge in [0.15, 0.2) is 11.3 Å². The predicted octanol–water partition coefficient (Wildman–Crippen LogP) is 9.93. The molecule has 1 aliphatic rings. The quantitative estimate of drug-likeness (QED) is 0.121. The van der Waals surface area contributed by atoms with E-state index in [1.807, 2.05) is 49.4 Å². The maximum absolute atomic E-state index is 9.64. The zero-order valence-corrected chi connectivity index (χ0v) is 28.6. The summed E-state index contributed by atoms with van der Waals surface area (Å²) < 4.78 is 12.4. The first-order valence-corrected chi connectivity index (χ1v) is 17.0. The van der Waals surface area contributed by atoms with Gasteiger partial charge in [0.25, 0.3) is 0 Å². The van der Waals surface area contributed by atoms with Crippen molar-refractivity contribution in [1.82, 2.24) is 0 Å². The number of rotatable bonds is 15. The lowest BCUT2D eigenvalue weighted by molar-refractivity contribution is 0.119. The molecule has 1 atom stereocenters. The normalized spacial score (nSPS) is 15.8. The molecule has 0 saturated heterocycles. The third-order valence-corrected chi connectivity index (χ3v) is 9.32. The Bertz CT molecular complexity index is 1750. The van der Waals surface area contributed by atoms with Gasteiger partial charge in [-0.2, -0.15) is 15.8 Å². The summed E-state index contributed by atoms with van der Waals surface area (Å²) in [6, 6.07) is 26.8. The molecule has 4 rings (SSSR count). The van der Waals surface area contributed by atoms with E-state index < -0.39 is 5.60 Å². The molecule has 0 amide bonds. The van der Waals surface area contributed by atoms with Gasteiger partial charge in [-0.3, -0.25) is 0 Å². The number of nitriles is 3. The Morgan fingerprint density at radius 2 is 1.68 bits per heavy atom. The van der Waals surface area contributed by atoms with Crippen molar-refractivity contribution in [2.45, 2.75) is 72.0 Å². The molecule has 2 heterocycles. The van der Waals surface area contributed by atoms with Crippen LogP contribution in [0.25, 0.3) is 12.2 Å². The molecule has 0 bridgehead atoms. The number of nitrogens with zero attached hydrogens (tertiary/aromatic N) is 4. The van der Waals surface area contributed by atoms with Crippen molar-refractivity contribution in [3.63, 3.8) is 0 Å². The Kier molecular flexibility index (Phi) is 12.6. The summed E-state index contributed by atoms with van der Waals surface area (Å²) in [7, 11) is 0. The van der Waals surface area contributed by atoms with Crippen molar-refractivity contribution in [3.8, 4) is 24.0 Å². The molecule has 3 aromatic rings. The summed E-state index contributed by atoms with van der Waals surface area (Å²) in [6.07, 6.45) is 13.5. The van der Waals surface area contributed by atoms with Crippen LogP contribution in [0.4, 0.5) is 5.69 Å². The lowest BCUT2D eigenvalue weighted by Gasteiger charge is -2.25. The van der Waals surface area contributed by atoms with Gasteiger partial charge in [0.2, 0.25) is 0 Å². The summed E-state index contributed by atoms with van der Waals surface area (Å²) in [5.41, 5.74) is 3.19. The van der Waals surface area contributed by atoms with E-state index in [0.717, 1.165) is 60.5 Å². The monoisotopic (exact) mass is 642 g/mol. The van der Waals surface area contributed by atoms with Crippen LogP contribution in [0.5, 0.6) is 5.75 Å². The van der Waals surface area contributed by atoms with Gasteiger partial charge in [-0.25, -0.2) is 0 Å². The van der Waals surface area contributed by atoms with Crippen molar-refractivity contribution in [3.05, 3.63) is 116 Å².